The predicted octanol–water partition coefficient (Wildman–Crippen LogP) is 4.35. The van der Waals surface area contributed by atoms with E-state index in [0.29, 0.717) is 22.7 Å². The molecule has 134 valence electrons. The van der Waals surface area contributed by atoms with Crippen LogP contribution in [-0.2, 0) is 9.53 Å². The molecule has 27 heavy (non-hydrogen) atoms. The van der Waals surface area contributed by atoms with Gasteiger partial charge in [-0.3, -0.25) is 4.79 Å². The first-order valence-corrected chi connectivity index (χ1v) is 8.52. The fourth-order valence-electron chi connectivity index (χ4n) is 3.21. The highest BCUT2D eigenvalue weighted by molar-refractivity contribution is 6.00. The maximum absolute atomic E-state index is 13.1. The fraction of sp³-hybridized carbons (Fsp3) is 0.0909. The molecule has 0 saturated heterocycles. The molecule has 0 atom stereocenters. The highest BCUT2D eigenvalue weighted by Gasteiger charge is 2.32. The van der Waals surface area contributed by atoms with E-state index in [9.17, 15) is 9.59 Å². The molecule has 4 rings (SSSR count). The summed E-state index contributed by atoms with van der Waals surface area (Å²) in [4.78, 5) is 24.7. The van der Waals surface area contributed by atoms with Crippen molar-refractivity contribution in [2.45, 2.75) is 5.92 Å². The molecule has 3 aromatic rings. The Morgan fingerprint density at radius 1 is 0.852 bits per heavy atom. The molecule has 0 radical (unpaired) electrons. The smallest absolute Gasteiger partial charge is 0.337 e. The van der Waals surface area contributed by atoms with Gasteiger partial charge in [-0.05, 0) is 36.4 Å². The minimum atomic E-state index is -0.480. The zero-order valence-electron chi connectivity index (χ0n) is 14.6. The number of methoxy groups -OCH3 is 1. The van der Waals surface area contributed by atoms with Gasteiger partial charge < -0.3 is 14.8 Å². The van der Waals surface area contributed by atoms with Crippen molar-refractivity contribution in [1.82, 2.24) is 0 Å². The van der Waals surface area contributed by atoms with E-state index in [-0.39, 0.29) is 5.91 Å². The Labute approximate surface area is 156 Å². The van der Waals surface area contributed by atoms with Crippen LogP contribution in [0, 0.1) is 0 Å². The Kier molecular flexibility index (Phi) is 4.34. The van der Waals surface area contributed by atoms with E-state index < -0.39 is 11.9 Å². The molecule has 1 amide bonds. The van der Waals surface area contributed by atoms with Crippen molar-refractivity contribution in [3.63, 3.8) is 0 Å². The van der Waals surface area contributed by atoms with Crippen molar-refractivity contribution in [3.05, 3.63) is 89.5 Å². The molecular weight excluding hydrogens is 342 g/mol. The van der Waals surface area contributed by atoms with Gasteiger partial charge in [-0.15, -0.1) is 0 Å². The average Bonchev–Trinajstić information content (AvgIpc) is 2.71. The molecule has 0 unspecified atom stereocenters. The number of hydrogen-bond donors (Lipinski definition) is 1. The maximum atomic E-state index is 13.1. The molecule has 0 fully saturated rings. The normalized spacial score (nSPS) is 12.3. The van der Waals surface area contributed by atoms with Crippen LogP contribution in [0.3, 0.4) is 0 Å². The monoisotopic (exact) mass is 359 g/mol. The largest absolute Gasteiger partial charge is 0.465 e. The van der Waals surface area contributed by atoms with Crippen LogP contribution < -0.4 is 10.1 Å². The Morgan fingerprint density at radius 2 is 1.41 bits per heavy atom. The van der Waals surface area contributed by atoms with E-state index in [1.165, 1.54) is 7.11 Å². The summed E-state index contributed by atoms with van der Waals surface area (Å²) in [5.74, 6) is 0.297. The number of fused-ring (bicyclic) bond motifs is 2. The number of hydrogen-bond acceptors (Lipinski definition) is 4. The summed E-state index contributed by atoms with van der Waals surface area (Å²) in [5.41, 5.74) is 2.67. The molecule has 5 heteroatoms. The van der Waals surface area contributed by atoms with Crippen molar-refractivity contribution >= 4 is 17.6 Å². The Bertz CT molecular complexity index is 965. The Morgan fingerprint density at radius 3 is 1.96 bits per heavy atom. The van der Waals surface area contributed by atoms with Crippen molar-refractivity contribution in [2.24, 2.45) is 0 Å². The number of esters is 1. The van der Waals surface area contributed by atoms with Crippen molar-refractivity contribution < 1.29 is 19.1 Å². The second-order valence-corrected chi connectivity index (χ2v) is 6.17. The average molecular weight is 359 g/mol. The van der Waals surface area contributed by atoms with Gasteiger partial charge >= 0.3 is 5.97 Å². The topological polar surface area (TPSA) is 64.6 Å². The predicted molar refractivity (Wildman–Crippen MR) is 101 cm³/mol. The zero-order valence-corrected chi connectivity index (χ0v) is 14.6. The molecule has 0 saturated carbocycles. The number of rotatable bonds is 3. The van der Waals surface area contributed by atoms with E-state index >= 15 is 0 Å². The molecule has 0 bridgehead atoms. The van der Waals surface area contributed by atoms with Crippen LogP contribution >= 0.6 is 0 Å². The summed E-state index contributed by atoms with van der Waals surface area (Å²) in [6, 6.07) is 21.7. The lowest BCUT2D eigenvalue weighted by Crippen LogP contribution is -2.25. The third-order valence-electron chi connectivity index (χ3n) is 4.52. The van der Waals surface area contributed by atoms with Crippen LogP contribution in [0.1, 0.15) is 27.4 Å². The molecule has 1 N–H and O–H groups in total. The third kappa shape index (κ3) is 3.15. The minimum Gasteiger partial charge on any atom is -0.465 e. The summed E-state index contributed by atoms with van der Waals surface area (Å²) >= 11 is 0. The summed E-state index contributed by atoms with van der Waals surface area (Å²) in [7, 11) is 1.33. The van der Waals surface area contributed by atoms with Gasteiger partial charge in [0.2, 0.25) is 5.91 Å². The Balaban J connectivity index is 1.65. The lowest BCUT2D eigenvalue weighted by atomic mass is 9.87. The second-order valence-electron chi connectivity index (χ2n) is 6.17. The van der Waals surface area contributed by atoms with Gasteiger partial charge in [0.1, 0.15) is 11.5 Å². The minimum absolute atomic E-state index is 0.163. The SMILES string of the molecule is COC(=O)c1ccc(NC(=O)C2c3ccccc3Oc3ccccc32)cc1. The van der Waals surface area contributed by atoms with Crippen LogP contribution in [0.4, 0.5) is 5.69 Å². The van der Waals surface area contributed by atoms with Gasteiger partial charge in [0, 0.05) is 16.8 Å². The van der Waals surface area contributed by atoms with Crippen LogP contribution in [0.25, 0.3) is 0 Å². The van der Waals surface area contributed by atoms with Gasteiger partial charge in [0.25, 0.3) is 0 Å². The van der Waals surface area contributed by atoms with Crippen molar-refractivity contribution in [3.8, 4) is 11.5 Å². The lowest BCUT2D eigenvalue weighted by Gasteiger charge is -2.27. The van der Waals surface area contributed by atoms with Gasteiger partial charge in [-0.25, -0.2) is 4.79 Å². The molecule has 1 aliphatic heterocycles. The third-order valence-corrected chi connectivity index (χ3v) is 4.52. The van der Waals surface area contributed by atoms with E-state index in [1.807, 2.05) is 48.5 Å². The molecule has 5 nitrogen and oxygen atoms in total. The summed E-state index contributed by atoms with van der Waals surface area (Å²) < 4.78 is 10.6. The number of carbonyl (C=O) groups is 2. The molecular formula is C22H17NO4. The lowest BCUT2D eigenvalue weighted by molar-refractivity contribution is -0.116. The number of ether oxygens (including phenoxy) is 2. The van der Waals surface area contributed by atoms with Crippen LogP contribution in [0.15, 0.2) is 72.8 Å². The Hall–Kier alpha value is -3.60. The quantitative estimate of drug-likeness (QED) is 0.706. The first-order valence-electron chi connectivity index (χ1n) is 8.52. The number of nitrogens with one attached hydrogen (secondary N) is 1. The molecule has 0 aliphatic carbocycles. The van der Waals surface area contributed by atoms with Crippen LogP contribution in [-0.4, -0.2) is 19.0 Å². The highest BCUT2D eigenvalue weighted by Crippen LogP contribution is 2.44. The number of amides is 1. The molecule has 1 heterocycles. The van der Waals surface area contributed by atoms with Crippen molar-refractivity contribution in [1.29, 1.82) is 0 Å². The second kappa shape index (κ2) is 6.96. The van der Waals surface area contributed by atoms with E-state index in [4.69, 9.17) is 9.47 Å². The maximum Gasteiger partial charge on any atom is 0.337 e. The standard InChI is InChI=1S/C22H17NO4/c1-26-22(25)14-10-12-15(13-11-14)23-21(24)20-16-6-2-4-8-18(16)27-19-9-5-3-7-17(19)20/h2-13,20H,1H3,(H,23,24). The first-order chi connectivity index (χ1) is 13.2. The van der Waals surface area contributed by atoms with Gasteiger partial charge in [0.05, 0.1) is 18.6 Å². The molecule has 0 spiro atoms. The number of para-hydroxylation sites is 2. The molecule has 0 aromatic heterocycles. The van der Waals surface area contributed by atoms with Crippen LogP contribution in [0.5, 0.6) is 11.5 Å². The van der Waals surface area contributed by atoms with E-state index in [2.05, 4.69) is 5.32 Å². The molecule has 3 aromatic carbocycles. The number of benzene rings is 3. The summed E-state index contributed by atoms with van der Waals surface area (Å²) in [5, 5.41) is 2.93. The van der Waals surface area contributed by atoms with Crippen molar-refractivity contribution in [2.75, 3.05) is 12.4 Å². The molecule has 1 aliphatic rings. The van der Waals surface area contributed by atoms with Gasteiger partial charge in [0.15, 0.2) is 0 Å². The van der Waals surface area contributed by atoms with Gasteiger partial charge in [-0.2, -0.15) is 0 Å². The summed E-state index contributed by atoms with van der Waals surface area (Å²) in [6.45, 7) is 0. The van der Waals surface area contributed by atoms with E-state index in [0.717, 1.165) is 11.1 Å². The van der Waals surface area contributed by atoms with E-state index in [1.54, 1.807) is 24.3 Å². The number of carbonyl (C=O) groups excluding carboxylic acids is 2. The number of anilines is 1. The van der Waals surface area contributed by atoms with Crippen LogP contribution in [0.2, 0.25) is 0 Å². The fourth-order valence-corrected chi connectivity index (χ4v) is 3.21. The zero-order chi connectivity index (χ0) is 18.8. The first kappa shape index (κ1) is 16.8. The highest BCUT2D eigenvalue weighted by atomic mass is 16.5. The summed E-state index contributed by atoms with van der Waals surface area (Å²) in [6.07, 6.45) is 0. The van der Waals surface area contributed by atoms with Gasteiger partial charge in [-0.1, -0.05) is 36.4 Å².